The number of benzene rings is 1. The van der Waals surface area contributed by atoms with Gasteiger partial charge in [-0.1, -0.05) is 18.2 Å². The van der Waals surface area contributed by atoms with Gasteiger partial charge < -0.3 is 10.5 Å². The number of aromatic nitrogens is 1. The highest BCUT2D eigenvalue weighted by Crippen LogP contribution is 2.23. The van der Waals surface area contributed by atoms with Crippen molar-refractivity contribution in [3.8, 4) is 5.75 Å². The van der Waals surface area contributed by atoms with Crippen LogP contribution in [0, 0.1) is 0 Å². The molecule has 0 bridgehead atoms. The first-order chi connectivity index (χ1) is 11.7. The molecule has 3 rings (SSSR count). The number of carbonyl (C=O) groups is 1. The van der Waals surface area contributed by atoms with E-state index in [1.807, 2.05) is 41.1 Å². The molecule has 3 aromatic rings. The average Bonchev–Trinajstić information content (AvgIpc) is 3.27. The van der Waals surface area contributed by atoms with Gasteiger partial charge in [0.05, 0.1) is 23.7 Å². The number of nitrogens with two attached hydrogens (primary N) is 1. The van der Waals surface area contributed by atoms with Gasteiger partial charge in [-0.05, 0) is 35.6 Å². The normalized spacial score (nSPS) is 11.9. The lowest BCUT2D eigenvalue weighted by Crippen LogP contribution is -2.14. The van der Waals surface area contributed by atoms with Gasteiger partial charge in [-0.2, -0.15) is 0 Å². The van der Waals surface area contributed by atoms with Crippen LogP contribution in [0.1, 0.15) is 27.0 Å². The predicted molar refractivity (Wildman–Crippen MR) is 98.0 cm³/mol. The van der Waals surface area contributed by atoms with Crippen LogP contribution in [-0.4, -0.2) is 18.0 Å². The van der Waals surface area contributed by atoms with E-state index >= 15 is 0 Å². The number of amides is 1. The lowest BCUT2D eigenvalue weighted by atomic mass is 10.0. The molecule has 0 aliphatic heterocycles. The van der Waals surface area contributed by atoms with Crippen molar-refractivity contribution in [3.05, 3.63) is 63.3 Å². The third kappa shape index (κ3) is 4.00. The number of ether oxygens (including phenoxy) is 1. The Hall–Kier alpha value is -2.22. The lowest BCUT2D eigenvalue weighted by molar-refractivity contribution is 0.103. The van der Waals surface area contributed by atoms with E-state index in [1.165, 1.54) is 22.7 Å². The second-order valence-electron chi connectivity index (χ2n) is 5.17. The van der Waals surface area contributed by atoms with Crippen LogP contribution in [-0.2, 0) is 6.42 Å². The van der Waals surface area contributed by atoms with E-state index in [0.717, 1.165) is 17.0 Å². The minimum absolute atomic E-state index is 0.144. The number of hydrogen-bond acceptors (Lipinski definition) is 6. The van der Waals surface area contributed by atoms with Crippen molar-refractivity contribution in [2.45, 2.75) is 12.5 Å². The van der Waals surface area contributed by atoms with Gasteiger partial charge in [0.2, 0.25) is 0 Å². The number of methoxy groups -OCH3 is 1. The Bertz CT molecular complexity index is 798. The maximum Gasteiger partial charge on any atom is 0.267 e. The molecule has 0 aliphatic carbocycles. The van der Waals surface area contributed by atoms with Crippen molar-refractivity contribution < 1.29 is 9.53 Å². The van der Waals surface area contributed by atoms with Crippen LogP contribution in [0.4, 0.5) is 5.13 Å². The number of anilines is 1. The first-order valence-electron chi connectivity index (χ1n) is 7.34. The molecule has 0 spiro atoms. The fraction of sp³-hybridized carbons (Fsp3) is 0.176. The summed E-state index contributed by atoms with van der Waals surface area (Å²) in [6.07, 6.45) is 0.673. The van der Waals surface area contributed by atoms with Crippen LogP contribution in [0.25, 0.3) is 0 Å². The third-order valence-corrected chi connectivity index (χ3v) is 5.13. The van der Waals surface area contributed by atoms with E-state index in [2.05, 4.69) is 10.3 Å². The van der Waals surface area contributed by atoms with Crippen molar-refractivity contribution in [2.75, 3.05) is 12.4 Å². The zero-order valence-corrected chi connectivity index (χ0v) is 14.7. The van der Waals surface area contributed by atoms with Gasteiger partial charge in [-0.25, -0.2) is 4.98 Å². The van der Waals surface area contributed by atoms with E-state index in [0.29, 0.717) is 16.4 Å². The Balaban J connectivity index is 1.62. The number of thiophene rings is 1. The van der Waals surface area contributed by atoms with Crippen LogP contribution >= 0.6 is 22.7 Å². The highest BCUT2D eigenvalue weighted by atomic mass is 32.1. The Morgan fingerprint density at radius 3 is 2.75 bits per heavy atom. The van der Waals surface area contributed by atoms with Crippen molar-refractivity contribution in [1.29, 1.82) is 0 Å². The van der Waals surface area contributed by atoms with E-state index in [1.54, 1.807) is 13.2 Å². The van der Waals surface area contributed by atoms with Gasteiger partial charge in [-0.15, -0.1) is 22.7 Å². The molecular weight excluding hydrogens is 342 g/mol. The third-order valence-electron chi connectivity index (χ3n) is 3.48. The molecule has 7 heteroatoms. The van der Waals surface area contributed by atoms with E-state index in [9.17, 15) is 4.79 Å². The smallest absolute Gasteiger partial charge is 0.267 e. The lowest BCUT2D eigenvalue weighted by Gasteiger charge is -2.09. The molecule has 0 saturated carbocycles. The second-order valence-corrected chi connectivity index (χ2v) is 6.97. The minimum atomic E-state index is -0.220. The van der Waals surface area contributed by atoms with Crippen molar-refractivity contribution in [3.63, 3.8) is 0 Å². The summed E-state index contributed by atoms with van der Waals surface area (Å²) in [5.41, 5.74) is 8.13. The molecule has 0 fully saturated rings. The molecule has 2 heterocycles. The van der Waals surface area contributed by atoms with Crippen molar-refractivity contribution in [2.24, 2.45) is 5.73 Å². The molecule has 1 atom stereocenters. The van der Waals surface area contributed by atoms with Crippen molar-refractivity contribution >= 4 is 33.7 Å². The Morgan fingerprint density at radius 2 is 2.08 bits per heavy atom. The van der Waals surface area contributed by atoms with Crippen LogP contribution in [0.5, 0.6) is 5.75 Å². The van der Waals surface area contributed by atoms with Gasteiger partial charge >= 0.3 is 0 Å². The van der Waals surface area contributed by atoms with Gasteiger partial charge in [-0.3, -0.25) is 10.1 Å². The average molecular weight is 359 g/mol. The standard InChI is InChI=1S/C17H17N3O2S2/c1-22-12-6-4-11(5-7-12)9-13(18)14-10-24-17(19-14)20-16(21)15-3-2-8-23-15/h2-8,10,13H,9,18H2,1H3,(H,19,20,21). The SMILES string of the molecule is COc1ccc(CC(N)c2csc(NC(=O)c3cccs3)n2)cc1. The summed E-state index contributed by atoms with van der Waals surface area (Å²) in [5.74, 6) is 0.675. The summed E-state index contributed by atoms with van der Waals surface area (Å²) in [5, 5.41) is 7.12. The van der Waals surface area contributed by atoms with Crippen LogP contribution in [0.3, 0.4) is 0 Å². The highest BCUT2D eigenvalue weighted by molar-refractivity contribution is 7.14. The fourth-order valence-electron chi connectivity index (χ4n) is 2.20. The molecule has 24 heavy (non-hydrogen) atoms. The molecule has 1 aromatic carbocycles. The summed E-state index contributed by atoms with van der Waals surface area (Å²) < 4.78 is 5.15. The molecular formula is C17H17N3O2S2. The first kappa shape index (κ1) is 16.6. The predicted octanol–water partition coefficient (Wildman–Crippen LogP) is 3.71. The van der Waals surface area contributed by atoms with Crippen LogP contribution in [0.2, 0.25) is 0 Å². The summed E-state index contributed by atoms with van der Waals surface area (Å²) in [6, 6.07) is 11.2. The maximum absolute atomic E-state index is 12.0. The maximum atomic E-state index is 12.0. The first-order valence-corrected chi connectivity index (χ1v) is 9.10. The molecule has 3 N–H and O–H groups in total. The van der Waals surface area contributed by atoms with Crippen molar-refractivity contribution in [1.82, 2.24) is 4.98 Å². The van der Waals surface area contributed by atoms with Gasteiger partial charge in [0.25, 0.3) is 5.91 Å². The highest BCUT2D eigenvalue weighted by Gasteiger charge is 2.14. The minimum Gasteiger partial charge on any atom is -0.497 e. The summed E-state index contributed by atoms with van der Waals surface area (Å²) in [6.45, 7) is 0. The molecule has 1 amide bonds. The topological polar surface area (TPSA) is 77.2 Å². The number of hydrogen-bond donors (Lipinski definition) is 2. The van der Waals surface area contributed by atoms with Gasteiger partial charge in [0.15, 0.2) is 5.13 Å². The molecule has 5 nitrogen and oxygen atoms in total. The second kappa shape index (κ2) is 7.57. The number of carbonyl (C=O) groups excluding carboxylic acids is 1. The number of rotatable bonds is 6. The fourth-order valence-corrected chi connectivity index (χ4v) is 3.59. The summed E-state index contributed by atoms with van der Waals surface area (Å²) >= 11 is 2.78. The zero-order valence-electron chi connectivity index (χ0n) is 13.1. The number of nitrogens with zero attached hydrogens (tertiary/aromatic N) is 1. The van der Waals surface area contributed by atoms with Crippen LogP contribution < -0.4 is 15.8 Å². The van der Waals surface area contributed by atoms with E-state index < -0.39 is 0 Å². The molecule has 0 radical (unpaired) electrons. The quantitative estimate of drug-likeness (QED) is 0.703. The monoisotopic (exact) mass is 359 g/mol. The largest absolute Gasteiger partial charge is 0.497 e. The van der Waals surface area contributed by atoms with E-state index in [4.69, 9.17) is 10.5 Å². The number of nitrogens with one attached hydrogen (secondary N) is 1. The zero-order chi connectivity index (χ0) is 16.9. The Morgan fingerprint density at radius 1 is 1.29 bits per heavy atom. The molecule has 124 valence electrons. The van der Waals surface area contributed by atoms with Crippen LogP contribution in [0.15, 0.2) is 47.2 Å². The Kier molecular flexibility index (Phi) is 5.24. The van der Waals surface area contributed by atoms with E-state index in [-0.39, 0.29) is 11.9 Å². The summed E-state index contributed by atoms with van der Waals surface area (Å²) in [4.78, 5) is 17.1. The molecule has 1 unspecified atom stereocenters. The van der Waals surface area contributed by atoms with Gasteiger partial charge in [0, 0.05) is 5.38 Å². The summed E-state index contributed by atoms with van der Waals surface area (Å²) in [7, 11) is 1.64. The molecule has 0 saturated heterocycles. The Labute approximate surface area is 148 Å². The molecule has 2 aromatic heterocycles. The van der Waals surface area contributed by atoms with Gasteiger partial charge in [0.1, 0.15) is 5.75 Å². The number of thiazole rings is 1. The molecule has 0 aliphatic rings.